The third kappa shape index (κ3) is 2.88. The van der Waals surface area contributed by atoms with E-state index >= 15 is 0 Å². The molecule has 1 atom stereocenters. The lowest BCUT2D eigenvalue weighted by Gasteiger charge is -2.48. The van der Waals surface area contributed by atoms with E-state index in [0.29, 0.717) is 17.5 Å². The van der Waals surface area contributed by atoms with Gasteiger partial charge in [-0.3, -0.25) is 4.90 Å². The van der Waals surface area contributed by atoms with Gasteiger partial charge in [0.15, 0.2) is 5.82 Å². The topological polar surface area (TPSA) is 54.2 Å². The molecule has 5 heteroatoms. The predicted molar refractivity (Wildman–Crippen MR) is 77.4 cm³/mol. The van der Waals surface area contributed by atoms with Gasteiger partial charge in [-0.25, -0.2) is 0 Å². The summed E-state index contributed by atoms with van der Waals surface area (Å²) in [7, 11) is 0. The Kier molecular flexibility index (Phi) is 4.08. The molecule has 3 rings (SSSR count). The summed E-state index contributed by atoms with van der Waals surface area (Å²) in [6.07, 6.45) is 7.71. The molecule has 2 heterocycles. The van der Waals surface area contributed by atoms with Gasteiger partial charge in [-0.05, 0) is 18.8 Å². The van der Waals surface area contributed by atoms with Crippen molar-refractivity contribution in [1.82, 2.24) is 20.4 Å². The summed E-state index contributed by atoms with van der Waals surface area (Å²) in [5.74, 6) is 1.50. The fourth-order valence-electron chi connectivity index (χ4n) is 3.85. The molecule has 1 aromatic heterocycles. The maximum absolute atomic E-state index is 4.83. The van der Waals surface area contributed by atoms with Crippen LogP contribution in [0.4, 0.5) is 0 Å². The first-order valence-electron chi connectivity index (χ1n) is 7.93. The predicted octanol–water partition coefficient (Wildman–Crippen LogP) is 1.85. The van der Waals surface area contributed by atoms with Crippen molar-refractivity contribution >= 4 is 0 Å². The number of piperazine rings is 1. The Labute approximate surface area is 121 Å². The molecule has 1 aliphatic heterocycles. The van der Waals surface area contributed by atoms with Crippen molar-refractivity contribution in [2.45, 2.75) is 57.5 Å². The smallest absolute Gasteiger partial charge is 0.213 e. The van der Waals surface area contributed by atoms with E-state index in [2.05, 4.69) is 34.2 Å². The second-order valence-electron chi connectivity index (χ2n) is 6.75. The molecular weight excluding hydrogens is 252 g/mol. The third-order valence-electron chi connectivity index (χ3n) is 5.02. The van der Waals surface area contributed by atoms with Gasteiger partial charge < -0.3 is 9.84 Å². The normalized spacial score (nSPS) is 26.6. The summed E-state index contributed by atoms with van der Waals surface area (Å²) in [4.78, 5) is 6.80. The van der Waals surface area contributed by atoms with Crippen LogP contribution >= 0.6 is 0 Å². The highest BCUT2D eigenvalue weighted by atomic mass is 16.5. The minimum atomic E-state index is 0.378. The summed E-state index contributed by atoms with van der Waals surface area (Å²) in [5, 5.41) is 7.79. The van der Waals surface area contributed by atoms with E-state index < -0.39 is 0 Å². The molecule has 2 aliphatic rings. The fourth-order valence-corrected chi connectivity index (χ4v) is 3.85. The molecule has 2 fully saturated rings. The standard InChI is InChI=1S/C15H26N4O/c1-12(2)13-9-17-15(6-3-4-7-15)10-19(13)8-5-14-16-11-20-18-14/h11-13,17H,3-10H2,1-2H3. The van der Waals surface area contributed by atoms with E-state index in [4.69, 9.17) is 4.52 Å². The quantitative estimate of drug-likeness (QED) is 0.911. The van der Waals surface area contributed by atoms with Crippen LogP contribution in [0, 0.1) is 5.92 Å². The van der Waals surface area contributed by atoms with Crippen molar-refractivity contribution in [3.05, 3.63) is 12.2 Å². The zero-order valence-electron chi connectivity index (χ0n) is 12.6. The van der Waals surface area contributed by atoms with Gasteiger partial charge in [-0.15, -0.1) is 0 Å². The summed E-state index contributed by atoms with van der Waals surface area (Å²) in [6, 6.07) is 0.619. The Morgan fingerprint density at radius 3 is 2.90 bits per heavy atom. The van der Waals surface area contributed by atoms with Crippen LogP contribution in [-0.2, 0) is 6.42 Å². The fraction of sp³-hybridized carbons (Fsp3) is 0.867. The molecule has 0 amide bonds. The SMILES string of the molecule is CC(C)C1CNC2(CCCC2)CN1CCc1ncon1. The molecule has 1 aromatic rings. The summed E-state index contributed by atoms with van der Waals surface area (Å²) < 4.78 is 4.83. The van der Waals surface area contributed by atoms with Crippen molar-refractivity contribution in [2.24, 2.45) is 5.92 Å². The molecule has 20 heavy (non-hydrogen) atoms. The van der Waals surface area contributed by atoms with Crippen molar-refractivity contribution in [1.29, 1.82) is 0 Å². The molecule has 1 saturated heterocycles. The second-order valence-corrected chi connectivity index (χ2v) is 6.75. The highest BCUT2D eigenvalue weighted by Gasteiger charge is 2.41. The van der Waals surface area contributed by atoms with E-state index in [1.165, 1.54) is 38.6 Å². The van der Waals surface area contributed by atoms with Crippen molar-refractivity contribution in [3.8, 4) is 0 Å². The van der Waals surface area contributed by atoms with Crippen LogP contribution in [-0.4, -0.2) is 46.3 Å². The van der Waals surface area contributed by atoms with Gasteiger partial charge in [0, 0.05) is 37.6 Å². The van der Waals surface area contributed by atoms with E-state index in [9.17, 15) is 0 Å². The Balaban J connectivity index is 1.65. The largest absolute Gasteiger partial charge is 0.343 e. The van der Waals surface area contributed by atoms with E-state index in [1.807, 2.05) is 0 Å². The lowest BCUT2D eigenvalue weighted by molar-refractivity contribution is 0.0575. The van der Waals surface area contributed by atoms with Crippen LogP contribution in [0.5, 0.6) is 0 Å². The van der Waals surface area contributed by atoms with Gasteiger partial charge in [0.2, 0.25) is 6.39 Å². The minimum absolute atomic E-state index is 0.378. The van der Waals surface area contributed by atoms with Crippen LogP contribution in [0.15, 0.2) is 10.9 Å². The molecule has 5 nitrogen and oxygen atoms in total. The number of rotatable bonds is 4. The molecule has 0 radical (unpaired) electrons. The van der Waals surface area contributed by atoms with Crippen LogP contribution in [0.25, 0.3) is 0 Å². The number of hydrogen-bond donors (Lipinski definition) is 1. The van der Waals surface area contributed by atoms with Crippen LogP contribution in [0.3, 0.4) is 0 Å². The summed E-state index contributed by atoms with van der Waals surface area (Å²) in [5.41, 5.74) is 0.378. The minimum Gasteiger partial charge on any atom is -0.343 e. The first-order valence-corrected chi connectivity index (χ1v) is 7.93. The number of nitrogens with one attached hydrogen (secondary N) is 1. The molecule has 1 unspecified atom stereocenters. The van der Waals surface area contributed by atoms with Crippen LogP contribution in [0.1, 0.15) is 45.4 Å². The highest BCUT2D eigenvalue weighted by Crippen LogP contribution is 2.34. The van der Waals surface area contributed by atoms with E-state index in [0.717, 1.165) is 25.3 Å². The average molecular weight is 278 g/mol. The van der Waals surface area contributed by atoms with Gasteiger partial charge in [0.1, 0.15) is 0 Å². The zero-order valence-corrected chi connectivity index (χ0v) is 12.6. The van der Waals surface area contributed by atoms with E-state index in [1.54, 1.807) is 0 Å². The van der Waals surface area contributed by atoms with E-state index in [-0.39, 0.29) is 0 Å². The monoisotopic (exact) mass is 278 g/mol. The first-order chi connectivity index (χ1) is 9.69. The molecule has 0 aromatic carbocycles. The third-order valence-corrected chi connectivity index (χ3v) is 5.02. The lowest BCUT2D eigenvalue weighted by atomic mass is 9.89. The highest BCUT2D eigenvalue weighted by molar-refractivity contribution is 5.02. The Hall–Kier alpha value is -0.940. The van der Waals surface area contributed by atoms with Gasteiger partial charge in [-0.2, -0.15) is 4.98 Å². The zero-order chi connectivity index (χ0) is 14.0. The summed E-state index contributed by atoms with van der Waals surface area (Å²) >= 11 is 0. The van der Waals surface area contributed by atoms with Crippen molar-refractivity contribution in [3.63, 3.8) is 0 Å². The molecule has 0 bridgehead atoms. The van der Waals surface area contributed by atoms with Crippen molar-refractivity contribution < 1.29 is 4.52 Å². The van der Waals surface area contributed by atoms with Crippen molar-refractivity contribution in [2.75, 3.05) is 19.6 Å². The molecular formula is C15H26N4O. The van der Waals surface area contributed by atoms with Crippen LogP contribution < -0.4 is 5.32 Å². The average Bonchev–Trinajstić information content (AvgIpc) is 3.08. The summed E-state index contributed by atoms with van der Waals surface area (Å²) in [6.45, 7) is 7.96. The lowest BCUT2D eigenvalue weighted by Crippen LogP contribution is -2.64. The van der Waals surface area contributed by atoms with Gasteiger partial charge in [0.25, 0.3) is 0 Å². The van der Waals surface area contributed by atoms with Gasteiger partial charge in [-0.1, -0.05) is 31.8 Å². The maximum atomic E-state index is 4.83. The molecule has 1 aliphatic carbocycles. The molecule has 1 spiro atoms. The Bertz CT molecular complexity index is 412. The number of aromatic nitrogens is 2. The second kappa shape index (κ2) is 5.82. The molecule has 112 valence electrons. The Morgan fingerprint density at radius 2 is 2.25 bits per heavy atom. The number of hydrogen-bond acceptors (Lipinski definition) is 5. The maximum Gasteiger partial charge on any atom is 0.213 e. The first kappa shape index (κ1) is 14.0. The van der Waals surface area contributed by atoms with Crippen LogP contribution in [0.2, 0.25) is 0 Å². The van der Waals surface area contributed by atoms with Gasteiger partial charge >= 0.3 is 0 Å². The Morgan fingerprint density at radius 1 is 1.45 bits per heavy atom. The van der Waals surface area contributed by atoms with Gasteiger partial charge in [0.05, 0.1) is 0 Å². The molecule has 1 saturated carbocycles. The number of nitrogens with zero attached hydrogens (tertiary/aromatic N) is 3. The molecule has 1 N–H and O–H groups in total.